The van der Waals surface area contributed by atoms with Gasteiger partial charge in [0.25, 0.3) is 5.78 Å². The number of nitrogens with one attached hydrogen (secondary N) is 1. The van der Waals surface area contributed by atoms with E-state index in [2.05, 4.69) is 20.6 Å². The molecule has 4 aromatic heterocycles. The molecule has 0 atom stereocenters. The molecule has 0 radical (unpaired) electrons. The average molecular weight is 480 g/mol. The molecule has 1 aliphatic carbocycles. The van der Waals surface area contributed by atoms with Crippen molar-refractivity contribution in [3.63, 3.8) is 0 Å². The molecule has 1 N–H and O–H groups in total. The Morgan fingerprint density at radius 2 is 2.03 bits per heavy atom. The zero-order valence-electron chi connectivity index (χ0n) is 18.2. The van der Waals surface area contributed by atoms with Crippen molar-refractivity contribution < 1.29 is 9.53 Å². The van der Waals surface area contributed by atoms with E-state index in [0.29, 0.717) is 16.8 Å². The first kappa shape index (κ1) is 20.4. The zero-order valence-corrected chi connectivity index (χ0v) is 19.8. The van der Waals surface area contributed by atoms with Crippen LogP contribution in [0, 0.1) is 6.92 Å². The minimum atomic E-state index is -0.110. The fourth-order valence-electron chi connectivity index (χ4n) is 4.33. The molecule has 0 fully saturated rings. The van der Waals surface area contributed by atoms with Crippen molar-refractivity contribution in [2.24, 2.45) is 0 Å². The molecule has 0 aliphatic heterocycles. The summed E-state index contributed by atoms with van der Waals surface area (Å²) in [5, 5.41) is 18.1. The van der Waals surface area contributed by atoms with Gasteiger partial charge >= 0.3 is 0 Å². The Morgan fingerprint density at radius 1 is 1.21 bits per heavy atom. The van der Waals surface area contributed by atoms with Gasteiger partial charge in [0.15, 0.2) is 10.8 Å². The molecule has 4 heterocycles. The van der Waals surface area contributed by atoms with Crippen LogP contribution in [0.15, 0.2) is 29.4 Å². The molecule has 0 unspecified atom stereocenters. The number of hydrogen-bond acceptors (Lipinski definition) is 8. The van der Waals surface area contributed by atoms with Crippen LogP contribution in [-0.4, -0.2) is 48.0 Å². The van der Waals surface area contributed by atoms with Crippen LogP contribution in [0.2, 0.25) is 0 Å². The smallest absolute Gasteiger partial charge is 0.260 e. The molecule has 33 heavy (non-hydrogen) atoms. The van der Waals surface area contributed by atoms with E-state index in [1.54, 1.807) is 23.0 Å². The minimum absolute atomic E-state index is 0.110. The lowest BCUT2D eigenvalue weighted by Gasteiger charge is -2.10. The number of nitrogens with zero attached hydrogens (tertiary/aromatic N) is 6. The molecule has 1 amide bonds. The van der Waals surface area contributed by atoms with Crippen LogP contribution in [0.25, 0.3) is 21.6 Å². The molecule has 9 nitrogen and oxygen atoms in total. The van der Waals surface area contributed by atoms with E-state index in [1.165, 1.54) is 35.0 Å². The van der Waals surface area contributed by atoms with Gasteiger partial charge in [-0.25, -0.2) is 9.38 Å². The standard InChI is InChI=1S/C22H21N7O2S2/c1-12-23-19-18-15-5-3-4-6-16(15)33-20(18)28-21(29(19)27-12)25-26-22(28)32-11-17(30)24-13-7-9-14(31-2)10-8-13/h7-10H,3-6,11H2,1-2H3,(H,24,30). The van der Waals surface area contributed by atoms with Gasteiger partial charge in [-0.05, 0) is 62.4 Å². The highest BCUT2D eigenvalue weighted by Gasteiger charge is 2.25. The van der Waals surface area contributed by atoms with Crippen LogP contribution in [0.5, 0.6) is 5.75 Å². The summed E-state index contributed by atoms with van der Waals surface area (Å²) in [7, 11) is 1.61. The Bertz CT molecular complexity index is 1520. The van der Waals surface area contributed by atoms with Crippen molar-refractivity contribution in [2.75, 3.05) is 18.2 Å². The van der Waals surface area contributed by atoms with Crippen LogP contribution in [-0.2, 0) is 17.6 Å². The van der Waals surface area contributed by atoms with Gasteiger partial charge in [-0.2, -0.15) is 4.52 Å². The molecule has 0 bridgehead atoms. The molecule has 1 aliphatic rings. The zero-order chi connectivity index (χ0) is 22.5. The van der Waals surface area contributed by atoms with Crippen molar-refractivity contribution in [3.05, 3.63) is 40.5 Å². The van der Waals surface area contributed by atoms with Gasteiger partial charge < -0.3 is 10.1 Å². The Labute approximate surface area is 197 Å². The summed E-state index contributed by atoms with van der Waals surface area (Å²) < 4.78 is 8.98. The number of ether oxygens (including phenoxy) is 1. The Balaban J connectivity index is 1.36. The maximum Gasteiger partial charge on any atom is 0.260 e. The number of methoxy groups -OCH3 is 1. The molecular formula is C22H21N7O2S2. The maximum atomic E-state index is 12.6. The number of aromatic nitrogens is 6. The second-order valence-electron chi connectivity index (χ2n) is 7.97. The maximum absolute atomic E-state index is 12.6. The Morgan fingerprint density at radius 3 is 2.85 bits per heavy atom. The van der Waals surface area contributed by atoms with Crippen molar-refractivity contribution >= 4 is 56.3 Å². The second-order valence-corrected chi connectivity index (χ2v) is 9.99. The van der Waals surface area contributed by atoms with Crippen LogP contribution in [0.4, 0.5) is 5.69 Å². The second kappa shape index (κ2) is 7.99. The summed E-state index contributed by atoms with van der Waals surface area (Å²) in [6.07, 6.45) is 4.54. The van der Waals surface area contributed by atoms with Gasteiger partial charge in [0.2, 0.25) is 5.91 Å². The van der Waals surface area contributed by atoms with Crippen LogP contribution < -0.4 is 10.1 Å². The summed E-state index contributed by atoms with van der Waals surface area (Å²) in [6.45, 7) is 1.89. The van der Waals surface area contributed by atoms with Crippen molar-refractivity contribution in [1.29, 1.82) is 0 Å². The molecule has 168 valence electrons. The number of carbonyl (C=O) groups excluding carboxylic acids is 1. The number of thiophene rings is 1. The highest BCUT2D eigenvalue weighted by atomic mass is 32.2. The van der Waals surface area contributed by atoms with E-state index < -0.39 is 0 Å². The summed E-state index contributed by atoms with van der Waals surface area (Å²) >= 11 is 3.15. The largest absolute Gasteiger partial charge is 0.497 e. The number of thioether (sulfide) groups is 1. The van der Waals surface area contributed by atoms with Gasteiger partial charge in [0.05, 0.1) is 18.2 Å². The third-order valence-corrected chi connectivity index (χ3v) is 8.01. The van der Waals surface area contributed by atoms with Gasteiger partial charge in [-0.1, -0.05) is 11.8 Å². The van der Waals surface area contributed by atoms with Gasteiger partial charge in [0.1, 0.15) is 16.4 Å². The summed E-state index contributed by atoms with van der Waals surface area (Å²) in [5.41, 5.74) is 2.94. The minimum Gasteiger partial charge on any atom is -0.497 e. The normalized spacial score (nSPS) is 13.6. The van der Waals surface area contributed by atoms with E-state index in [1.807, 2.05) is 35.6 Å². The lowest BCUT2D eigenvalue weighted by molar-refractivity contribution is -0.113. The predicted molar refractivity (Wildman–Crippen MR) is 129 cm³/mol. The highest BCUT2D eigenvalue weighted by molar-refractivity contribution is 7.99. The number of benzene rings is 1. The molecule has 11 heteroatoms. The lowest BCUT2D eigenvalue weighted by Crippen LogP contribution is -2.14. The van der Waals surface area contributed by atoms with Crippen LogP contribution in [0.1, 0.15) is 29.1 Å². The van der Waals surface area contributed by atoms with Crippen LogP contribution in [0.3, 0.4) is 0 Å². The van der Waals surface area contributed by atoms with Gasteiger partial charge in [-0.15, -0.1) is 26.6 Å². The lowest BCUT2D eigenvalue weighted by atomic mass is 9.97. The molecular weight excluding hydrogens is 458 g/mol. The summed E-state index contributed by atoms with van der Waals surface area (Å²) in [5.74, 6) is 2.18. The van der Waals surface area contributed by atoms with E-state index in [0.717, 1.165) is 40.1 Å². The van der Waals surface area contributed by atoms with Gasteiger partial charge in [-0.3, -0.25) is 4.79 Å². The number of aryl methyl sites for hydroxylation is 3. The first-order valence-electron chi connectivity index (χ1n) is 10.7. The Hall–Kier alpha value is -3.18. The molecule has 6 rings (SSSR count). The number of rotatable bonds is 5. The van der Waals surface area contributed by atoms with E-state index >= 15 is 0 Å². The van der Waals surface area contributed by atoms with E-state index in [4.69, 9.17) is 9.72 Å². The number of hydrogen-bond donors (Lipinski definition) is 1. The van der Waals surface area contributed by atoms with E-state index in [9.17, 15) is 4.79 Å². The van der Waals surface area contributed by atoms with Crippen molar-refractivity contribution in [3.8, 4) is 5.75 Å². The summed E-state index contributed by atoms with van der Waals surface area (Å²) in [6, 6.07) is 7.26. The van der Waals surface area contributed by atoms with Crippen molar-refractivity contribution in [1.82, 2.24) is 29.2 Å². The fraction of sp³-hybridized carbons (Fsp3) is 0.318. The molecule has 5 aromatic rings. The van der Waals surface area contributed by atoms with Crippen LogP contribution >= 0.6 is 23.1 Å². The fourth-order valence-corrected chi connectivity index (χ4v) is 6.50. The molecule has 0 spiro atoms. The third kappa shape index (κ3) is 3.42. The number of fused-ring (bicyclic) bond motifs is 8. The topological polar surface area (TPSA) is 98.7 Å². The third-order valence-electron chi connectivity index (χ3n) is 5.80. The first-order valence-corrected chi connectivity index (χ1v) is 12.5. The quantitative estimate of drug-likeness (QED) is 0.382. The first-order chi connectivity index (χ1) is 16.1. The number of carbonyl (C=O) groups is 1. The van der Waals surface area contributed by atoms with Gasteiger partial charge in [0, 0.05) is 10.6 Å². The summed E-state index contributed by atoms with van der Waals surface area (Å²) in [4.78, 5) is 19.8. The van der Waals surface area contributed by atoms with Crippen molar-refractivity contribution in [2.45, 2.75) is 37.8 Å². The molecule has 1 aromatic carbocycles. The monoisotopic (exact) mass is 479 g/mol. The molecule has 0 saturated carbocycles. The average Bonchev–Trinajstić information content (AvgIpc) is 3.52. The predicted octanol–water partition coefficient (Wildman–Crippen LogP) is 3.91. The number of anilines is 1. The number of amides is 1. The SMILES string of the molecule is COc1ccc(NC(=O)CSc2nnc3n4nc(C)nc4c4c5c(sc4n23)CCCC5)cc1. The highest BCUT2D eigenvalue weighted by Crippen LogP contribution is 2.39. The molecule has 0 saturated heterocycles. The Kier molecular flexibility index (Phi) is 4.95. The van der Waals surface area contributed by atoms with E-state index in [-0.39, 0.29) is 11.7 Å².